The minimum atomic E-state index is -0.716. The molecule has 5 heterocycles. The number of nitrogens with one attached hydrogen (secondary N) is 2. The van der Waals surface area contributed by atoms with Crippen molar-refractivity contribution in [2.45, 2.75) is 51.7 Å². The Labute approximate surface area is 287 Å². The lowest BCUT2D eigenvalue weighted by atomic mass is 10.1. The third-order valence-electron chi connectivity index (χ3n) is 8.88. The van der Waals surface area contributed by atoms with Gasteiger partial charge in [0.2, 0.25) is 5.91 Å². The van der Waals surface area contributed by atoms with Crippen molar-refractivity contribution in [2.24, 2.45) is 10.7 Å². The summed E-state index contributed by atoms with van der Waals surface area (Å²) in [6.45, 7) is 4.84. The number of hydrogen-bond acceptors (Lipinski definition) is 10. The fourth-order valence-electron chi connectivity index (χ4n) is 6.34. The number of imide groups is 1. The third-order valence-corrected chi connectivity index (χ3v) is 9.36. The zero-order valence-electron chi connectivity index (χ0n) is 26.9. The summed E-state index contributed by atoms with van der Waals surface area (Å²) < 4.78 is 6.14. The lowest BCUT2D eigenvalue weighted by molar-refractivity contribution is -0.122. The number of rotatable bonds is 11. The summed E-state index contributed by atoms with van der Waals surface area (Å²) >= 11 is 6.32. The van der Waals surface area contributed by atoms with Crippen LogP contribution in [0.25, 0.3) is 11.3 Å². The van der Waals surface area contributed by atoms with E-state index in [-0.39, 0.29) is 34.8 Å². The number of carbonyl (C=O) groups excluding carboxylic acids is 3. The normalized spacial score (nSPS) is 18.8. The average molecular weight is 684 g/mol. The Bertz CT molecular complexity index is 1930. The molecule has 252 valence electrons. The maximum Gasteiger partial charge on any atom is 0.332 e. The van der Waals surface area contributed by atoms with Gasteiger partial charge >= 0.3 is 6.03 Å². The number of benzene rings is 1. The highest BCUT2D eigenvalue weighted by Gasteiger charge is 2.53. The van der Waals surface area contributed by atoms with Gasteiger partial charge in [-0.2, -0.15) is 5.26 Å². The van der Waals surface area contributed by atoms with Crippen molar-refractivity contribution in [3.05, 3.63) is 58.0 Å². The summed E-state index contributed by atoms with van der Waals surface area (Å²) in [4.78, 5) is 61.5. The first-order valence-electron chi connectivity index (χ1n) is 15.8. The molecule has 3 aliphatic heterocycles. The fraction of sp³-hybridized carbons (Fsp3) is 0.364. The molecule has 2 aromatic heterocycles. The first-order chi connectivity index (χ1) is 23.6. The van der Waals surface area contributed by atoms with Crippen LogP contribution in [0.3, 0.4) is 0 Å². The van der Waals surface area contributed by atoms with E-state index in [9.17, 15) is 19.6 Å². The van der Waals surface area contributed by atoms with Crippen LogP contribution in [0, 0.1) is 30.6 Å². The Balaban J connectivity index is 1.04. The standard InChI is InChI=1S/C33H34ClN11O4/c1-18-24(9-6-20(14-35)27(18)34)45-32(47)28-25(10-12-44(28)33(45)48)49-13-5-3-4-11-43-26(46)16-39-30-31(43)42-23(15-38-30)21-7-8-22(41-19(21)2)29(37)40-17-36/h6-9,15,17,25,28H,3-5,10-13,16H2,1-2H3,(H,38,39)(H3,36,37,40)/t25?,28-/m0/s1. The first-order valence-corrected chi connectivity index (χ1v) is 16.2. The van der Waals surface area contributed by atoms with Gasteiger partial charge in [-0.15, -0.1) is 0 Å². The summed E-state index contributed by atoms with van der Waals surface area (Å²) in [6, 6.07) is 7.46. The largest absolute Gasteiger partial charge is 0.382 e. The summed E-state index contributed by atoms with van der Waals surface area (Å²) in [6.07, 6.45) is 4.74. The van der Waals surface area contributed by atoms with E-state index < -0.39 is 18.2 Å². The third kappa shape index (κ3) is 6.28. The molecule has 2 atom stereocenters. The number of anilines is 3. The van der Waals surface area contributed by atoms with Crippen molar-refractivity contribution in [1.29, 1.82) is 10.7 Å². The van der Waals surface area contributed by atoms with Crippen molar-refractivity contribution >= 4 is 58.9 Å². The molecular weight excluding hydrogens is 650 g/mol. The highest BCUT2D eigenvalue weighted by molar-refractivity contribution is 6.33. The molecule has 0 bridgehead atoms. The summed E-state index contributed by atoms with van der Waals surface area (Å²) in [5, 5.41) is 19.6. The topological polar surface area (TPSA) is 207 Å². The van der Waals surface area contributed by atoms with Gasteiger partial charge in [-0.3, -0.25) is 19.9 Å². The molecule has 0 saturated carbocycles. The predicted octanol–water partition coefficient (Wildman–Crippen LogP) is 3.55. The minimum Gasteiger partial charge on any atom is -0.382 e. The molecule has 6 rings (SSSR count). The fourth-order valence-corrected chi connectivity index (χ4v) is 6.55. The number of amidine groups is 1. The van der Waals surface area contributed by atoms with E-state index in [1.54, 1.807) is 30.2 Å². The van der Waals surface area contributed by atoms with Crippen LogP contribution in [0.4, 0.5) is 22.1 Å². The van der Waals surface area contributed by atoms with E-state index in [2.05, 4.69) is 20.3 Å². The average Bonchev–Trinajstić information content (AvgIpc) is 3.62. The Kier molecular flexibility index (Phi) is 9.52. The van der Waals surface area contributed by atoms with E-state index >= 15 is 0 Å². The van der Waals surface area contributed by atoms with Crippen LogP contribution < -0.4 is 20.9 Å². The van der Waals surface area contributed by atoms with Crippen molar-refractivity contribution < 1.29 is 19.1 Å². The van der Waals surface area contributed by atoms with Gasteiger partial charge in [0, 0.05) is 31.0 Å². The highest BCUT2D eigenvalue weighted by atomic mass is 35.5. The lowest BCUT2D eigenvalue weighted by Crippen LogP contribution is -2.41. The van der Waals surface area contributed by atoms with Gasteiger partial charge in [-0.25, -0.2) is 29.6 Å². The molecule has 4 amide bonds. The molecule has 4 N–H and O–H groups in total. The Morgan fingerprint density at radius 2 is 2.02 bits per heavy atom. The molecular formula is C33H34ClN11O4. The smallest absolute Gasteiger partial charge is 0.332 e. The van der Waals surface area contributed by atoms with Crippen LogP contribution in [-0.2, 0) is 14.3 Å². The Morgan fingerprint density at radius 3 is 2.78 bits per heavy atom. The number of carbonyl (C=O) groups is 3. The van der Waals surface area contributed by atoms with Crippen LogP contribution >= 0.6 is 11.6 Å². The minimum absolute atomic E-state index is 0.114. The van der Waals surface area contributed by atoms with E-state index in [4.69, 9.17) is 32.5 Å². The van der Waals surface area contributed by atoms with Gasteiger partial charge < -0.3 is 20.7 Å². The number of hydrogen-bond donors (Lipinski definition) is 3. The highest BCUT2D eigenvalue weighted by Crippen LogP contribution is 2.37. The second-order valence-electron chi connectivity index (χ2n) is 11.8. The number of unbranched alkanes of at least 4 members (excludes halogenated alkanes) is 2. The van der Waals surface area contributed by atoms with Crippen LogP contribution in [0.2, 0.25) is 5.02 Å². The molecule has 0 spiro atoms. The summed E-state index contributed by atoms with van der Waals surface area (Å²) in [5.41, 5.74) is 9.38. The number of ether oxygens (including phenoxy) is 1. The summed E-state index contributed by atoms with van der Waals surface area (Å²) in [5.74, 6) is 0.611. The van der Waals surface area contributed by atoms with Gasteiger partial charge in [0.25, 0.3) is 5.91 Å². The number of nitrogens with two attached hydrogens (primary N) is 1. The van der Waals surface area contributed by atoms with Crippen LogP contribution in [-0.4, -0.2) is 88.3 Å². The predicted molar refractivity (Wildman–Crippen MR) is 183 cm³/mol. The second-order valence-corrected chi connectivity index (χ2v) is 12.2. The van der Waals surface area contributed by atoms with Gasteiger partial charge in [0.05, 0.1) is 40.8 Å². The van der Waals surface area contributed by atoms with Crippen LogP contribution in [0.1, 0.15) is 48.2 Å². The maximum absolute atomic E-state index is 13.5. The molecule has 3 aromatic rings. The van der Waals surface area contributed by atoms with Gasteiger partial charge in [-0.05, 0) is 69.4 Å². The van der Waals surface area contributed by atoms with Crippen molar-refractivity contribution in [3.63, 3.8) is 0 Å². The van der Waals surface area contributed by atoms with Crippen LogP contribution in [0.5, 0.6) is 0 Å². The van der Waals surface area contributed by atoms with Crippen molar-refractivity contribution in [2.75, 3.05) is 41.4 Å². The number of pyridine rings is 1. The zero-order valence-corrected chi connectivity index (χ0v) is 27.7. The first kappa shape index (κ1) is 33.4. The number of nitriles is 1. The van der Waals surface area contributed by atoms with Gasteiger partial charge in [-0.1, -0.05) is 11.6 Å². The number of halogens is 1. The molecule has 0 aliphatic carbocycles. The van der Waals surface area contributed by atoms with E-state index in [1.165, 1.54) is 11.0 Å². The number of fused-ring (bicyclic) bond motifs is 2. The van der Waals surface area contributed by atoms with Gasteiger partial charge in [0.1, 0.15) is 24.1 Å². The Hall–Kier alpha value is -5.46. The molecule has 49 heavy (non-hydrogen) atoms. The number of amides is 4. The molecule has 2 saturated heterocycles. The van der Waals surface area contributed by atoms with E-state index in [0.29, 0.717) is 78.9 Å². The summed E-state index contributed by atoms with van der Waals surface area (Å²) in [7, 11) is 0. The molecule has 1 aromatic carbocycles. The number of aryl methyl sites for hydroxylation is 1. The number of nitrogens with zero attached hydrogens (tertiary/aromatic N) is 8. The van der Waals surface area contributed by atoms with E-state index in [1.807, 2.05) is 19.1 Å². The van der Waals surface area contributed by atoms with Crippen molar-refractivity contribution in [1.82, 2.24) is 19.9 Å². The molecule has 15 nitrogen and oxygen atoms in total. The number of aliphatic imine (C=N–C) groups is 1. The quantitative estimate of drug-likeness (QED) is 0.116. The number of urea groups is 1. The van der Waals surface area contributed by atoms with E-state index in [0.717, 1.165) is 23.2 Å². The maximum atomic E-state index is 13.5. The SMILES string of the molecule is Cc1nc(C(N)=NC=N)ccc1-c1cnc2c(n1)N(CCCCCOC1CCN3C(=O)N(c4ccc(C#N)c(Cl)c4C)C(=O)[C@H]13)C(=O)CN2. The second kappa shape index (κ2) is 14.0. The molecule has 0 radical (unpaired) electrons. The van der Waals surface area contributed by atoms with Crippen molar-refractivity contribution in [3.8, 4) is 17.3 Å². The molecule has 3 aliphatic rings. The number of aromatic nitrogens is 3. The monoisotopic (exact) mass is 683 g/mol. The lowest BCUT2D eigenvalue weighted by Gasteiger charge is -2.28. The zero-order chi connectivity index (χ0) is 34.8. The molecule has 16 heteroatoms. The Morgan fingerprint density at radius 1 is 1.20 bits per heavy atom. The molecule has 2 fully saturated rings. The van der Waals surface area contributed by atoms with Gasteiger partial charge in [0.15, 0.2) is 17.5 Å². The van der Waals surface area contributed by atoms with Crippen LogP contribution in [0.15, 0.2) is 35.5 Å². The molecule has 1 unspecified atom stereocenters.